The summed E-state index contributed by atoms with van der Waals surface area (Å²) in [5.74, 6) is -2.47. The molecule has 0 unspecified atom stereocenters. The van der Waals surface area contributed by atoms with Gasteiger partial charge in [0.15, 0.2) is 0 Å². The summed E-state index contributed by atoms with van der Waals surface area (Å²) in [6.45, 7) is 3.59. The van der Waals surface area contributed by atoms with Gasteiger partial charge in [-0.15, -0.1) is 11.3 Å². The number of carbonyl (C=O) groups is 2. The van der Waals surface area contributed by atoms with Gasteiger partial charge in [0.25, 0.3) is 0 Å². The molecule has 1 N–H and O–H groups in total. The van der Waals surface area contributed by atoms with Crippen molar-refractivity contribution in [2.24, 2.45) is 0 Å². The molecule has 2 aliphatic rings. The van der Waals surface area contributed by atoms with Gasteiger partial charge in [0.2, 0.25) is 5.91 Å². The Morgan fingerprint density at radius 2 is 1.57 bits per heavy atom. The van der Waals surface area contributed by atoms with Crippen LogP contribution in [-0.4, -0.2) is 41.1 Å². The first-order valence-corrected chi connectivity index (χ1v) is 12.1. The number of hydrogen-bond donors (Lipinski definition) is 1. The molecule has 1 spiro atoms. The Bertz CT molecular complexity index is 1160. The Hall–Kier alpha value is -3.17. The minimum Gasteiger partial charge on any atom is -0.475 e. The number of amides is 1. The van der Waals surface area contributed by atoms with E-state index in [1.54, 1.807) is 0 Å². The SMILES string of the molecule is O=C(O)C(F)(F)F.O=C1N(Cc2ccccc2)c2ccccc2C12CCN(Cc1cccs1)CC2. The molecule has 2 aromatic carbocycles. The first kappa shape index (κ1) is 24.9. The van der Waals surface area contributed by atoms with Crippen LogP contribution in [0, 0.1) is 0 Å². The van der Waals surface area contributed by atoms with E-state index in [0.29, 0.717) is 6.54 Å². The molecule has 1 fully saturated rings. The molecule has 0 radical (unpaired) electrons. The minimum atomic E-state index is -5.08. The highest BCUT2D eigenvalue weighted by Crippen LogP contribution is 2.48. The standard InChI is InChI=1S/C24H24N2OS.C2HF3O2/c27-23-24(12-14-25(15-13-24)18-20-9-6-16-28-20)21-10-4-5-11-22(21)26(23)17-19-7-2-1-3-8-19;3-2(4,5)1(6)7/h1-11,16H,12-15,17-18H2;(H,6,7). The summed E-state index contributed by atoms with van der Waals surface area (Å²) < 4.78 is 31.7. The third kappa shape index (κ3) is 5.41. The highest BCUT2D eigenvalue weighted by Gasteiger charge is 2.51. The Kier molecular flexibility index (Phi) is 7.28. The van der Waals surface area contributed by atoms with Gasteiger partial charge in [-0.2, -0.15) is 13.2 Å². The Morgan fingerprint density at radius 3 is 2.17 bits per heavy atom. The van der Waals surface area contributed by atoms with Crippen molar-refractivity contribution in [1.82, 2.24) is 4.90 Å². The maximum Gasteiger partial charge on any atom is 0.490 e. The first-order chi connectivity index (χ1) is 16.7. The highest BCUT2D eigenvalue weighted by atomic mass is 32.1. The number of para-hydroxylation sites is 1. The molecule has 1 saturated heterocycles. The zero-order valence-electron chi connectivity index (χ0n) is 18.9. The number of hydrogen-bond acceptors (Lipinski definition) is 4. The van der Waals surface area contributed by atoms with E-state index < -0.39 is 12.1 Å². The zero-order valence-corrected chi connectivity index (χ0v) is 19.7. The van der Waals surface area contributed by atoms with Gasteiger partial charge < -0.3 is 10.0 Å². The Labute approximate surface area is 205 Å². The average Bonchev–Trinajstić information content (AvgIpc) is 3.43. The van der Waals surface area contributed by atoms with Crippen LogP contribution in [0.5, 0.6) is 0 Å². The summed E-state index contributed by atoms with van der Waals surface area (Å²) in [5, 5.41) is 9.26. The number of halogens is 3. The normalized spacial score (nSPS) is 17.1. The second kappa shape index (κ2) is 10.2. The van der Waals surface area contributed by atoms with E-state index in [0.717, 1.165) is 38.2 Å². The number of benzene rings is 2. The molecule has 5 nitrogen and oxygen atoms in total. The minimum absolute atomic E-state index is 0.285. The fourth-order valence-electron chi connectivity index (χ4n) is 4.72. The molecular weight excluding hydrogens is 477 g/mol. The summed E-state index contributed by atoms with van der Waals surface area (Å²) >= 11 is 1.81. The number of fused-ring (bicyclic) bond motifs is 2. The number of thiophene rings is 1. The zero-order chi connectivity index (χ0) is 25.1. The lowest BCUT2D eigenvalue weighted by Gasteiger charge is -2.38. The summed E-state index contributed by atoms with van der Waals surface area (Å²) in [6.07, 6.45) is -3.28. The van der Waals surface area contributed by atoms with E-state index in [4.69, 9.17) is 9.90 Å². The van der Waals surface area contributed by atoms with E-state index in [1.807, 2.05) is 34.4 Å². The number of piperidine rings is 1. The van der Waals surface area contributed by atoms with E-state index in [9.17, 15) is 18.0 Å². The molecule has 0 aliphatic carbocycles. The number of carbonyl (C=O) groups excluding carboxylic acids is 1. The number of carboxylic acids is 1. The highest BCUT2D eigenvalue weighted by molar-refractivity contribution is 7.09. The molecule has 9 heteroatoms. The largest absolute Gasteiger partial charge is 0.490 e. The van der Waals surface area contributed by atoms with Gasteiger partial charge in [0.1, 0.15) is 0 Å². The number of nitrogens with zero attached hydrogens (tertiary/aromatic N) is 2. The van der Waals surface area contributed by atoms with E-state index >= 15 is 0 Å². The molecule has 5 rings (SSSR count). The number of anilines is 1. The topological polar surface area (TPSA) is 60.9 Å². The second-order valence-corrected chi connectivity index (χ2v) is 9.67. The van der Waals surface area contributed by atoms with E-state index in [2.05, 4.69) is 58.8 Å². The molecule has 2 aliphatic heterocycles. The third-order valence-corrected chi connectivity index (χ3v) is 7.32. The average molecular weight is 503 g/mol. The first-order valence-electron chi connectivity index (χ1n) is 11.2. The van der Waals surface area contributed by atoms with E-state index in [1.165, 1.54) is 16.0 Å². The van der Waals surface area contributed by atoms with Crippen molar-refractivity contribution in [1.29, 1.82) is 0 Å². The number of aliphatic carboxylic acids is 1. The Morgan fingerprint density at radius 1 is 0.943 bits per heavy atom. The molecular formula is C26H25F3N2O3S. The van der Waals surface area contributed by atoms with Crippen molar-refractivity contribution in [3.63, 3.8) is 0 Å². The van der Waals surface area contributed by atoms with Crippen molar-refractivity contribution < 1.29 is 27.9 Å². The van der Waals surface area contributed by atoms with Crippen molar-refractivity contribution >= 4 is 28.9 Å². The lowest BCUT2D eigenvalue weighted by atomic mass is 9.73. The van der Waals surface area contributed by atoms with Crippen LogP contribution in [-0.2, 0) is 28.1 Å². The lowest BCUT2D eigenvalue weighted by molar-refractivity contribution is -0.192. The summed E-state index contributed by atoms with van der Waals surface area (Å²) in [6, 6.07) is 23.0. The van der Waals surface area contributed by atoms with Crippen LogP contribution in [0.15, 0.2) is 72.1 Å². The van der Waals surface area contributed by atoms with Crippen LogP contribution in [0.25, 0.3) is 0 Å². The van der Waals surface area contributed by atoms with Gasteiger partial charge in [0.05, 0.1) is 12.0 Å². The third-order valence-electron chi connectivity index (χ3n) is 6.46. The number of carboxylic acid groups (broad SMARTS) is 1. The van der Waals surface area contributed by atoms with Crippen LogP contribution in [0.2, 0.25) is 0 Å². The quantitative estimate of drug-likeness (QED) is 0.515. The fraction of sp³-hybridized carbons (Fsp3) is 0.308. The van der Waals surface area contributed by atoms with Crippen LogP contribution in [0.4, 0.5) is 18.9 Å². The smallest absolute Gasteiger partial charge is 0.475 e. The van der Waals surface area contributed by atoms with Gasteiger partial charge in [-0.3, -0.25) is 9.69 Å². The molecule has 35 heavy (non-hydrogen) atoms. The van der Waals surface area contributed by atoms with Crippen LogP contribution in [0.3, 0.4) is 0 Å². The van der Waals surface area contributed by atoms with Crippen molar-refractivity contribution in [3.05, 3.63) is 88.1 Å². The molecule has 0 bridgehead atoms. The van der Waals surface area contributed by atoms with Crippen LogP contribution in [0.1, 0.15) is 28.8 Å². The molecule has 0 atom stereocenters. The van der Waals surface area contributed by atoms with Gasteiger partial charge in [-0.25, -0.2) is 4.79 Å². The summed E-state index contributed by atoms with van der Waals surface area (Å²) in [5.41, 5.74) is 3.16. The van der Waals surface area contributed by atoms with E-state index in [-0.39, 0.29) is 11.3 Å². The monoisotopic (exact) mass is 502 g/mol. The van der Waals surface area contributed by atoms with Gasteiger partial charge >= 0.3 is 12.1 Å². The lowest BCUT2D eigenvalue weighted by Crippen LogP contribution is -2.48. The summed E-state index contributed by atoms with van der Waals surface area (Å²) in [7, 11) is 0. The maximum absolute atomic E-state index is 13.7. The second-order valence-electron chi connectivity index (χ2n) is 8.63. The maximum atomic E-state index is 13.7. The number of alkyl halides is 3. The van der Waals surface area contributed by atoms with Crippen molar-refractivity contribution in [3.8, 4) is 0 Å². The molecule has 184 valence electrons. The molecule has 0 saturated carbocycles. The van der Waals surface area contributed by atoms with Gasteiger partial charge in [-0.1, -0.05) is 54.6 Å². The van der Waals surface area contributed by atoms with Gasteiger partial charge in [-0.05, 0) is 54.6 Å². The van der Waals surface area contributed by atoms with Crippen LogP contribution >= 0.6 is 11.3 Å². The molecule has 1 amide bonds. The predicted molar refractivity (Wildman–Crippen MR) is 128 cm³/mol. The molecule has 1 aromatic heterocycles. The molecule has 3 heterocycles. The number of rotatable bonds is 4. The van der Waals surface area contributed by atoms with Gasteiger partial charge in [0, 0.05) is 17.1 Å². The van der Waals surface area contributed by atoms with Crippen molar-refractivity contribution in [2.45, 2.75) is 37.5 Å². The Balaban J connectivity index is 0.000000364. The number of likely N-dealkylation sites (tertiary alicyclic amines) is 1. The van der Waals surface area contributed by atoms with Crippen molar-refractivity contribution in [2.75, 3.05) is 18.0 Å². The van der Waals surface area contributed by atoms with Crippen LogP contribution < -0.4 is 4.90 Å². The molecule has 3 aromatic rings. The predicted octanol–water partition coefficient (Wildman–Crippen LogP) is 5.46. The summed E-state index contributed by atoms with van der Waals surface area (Å²) in [4.78, 5) is 28.5. The fourth-order valence-corrected chi connectivity index (χ4v) is 5.46.